The number of aromatic nitrogens is 2. The predicted octanol–water partition coefficient (Wildman–Crippen LogP) is 6.94. The van der Waals surface area contributed by atoms with Gasteiger partial charge in [0.05, 0.1) is 27.8 Å². The van der Waals surface area contributed by atoms with E-state index in [-0.39, 0.29) is 39.5 Å². The molecule has 0 atom stereocenters. The lowest BCUT2D eigenvalue weighted by atomic mass is 9.95. The molecule has 2 aromatic carbocycles. The molecule has 0 spiro atoms. The van der Waals surface area contributed by atoms with Crippen molar-refractivity contribution >= 4 is 62.0 Å². The summed E-state index contributed by atoms with van der Waals surface area (Å²) in [5.41, 5.74) is -1.32. The number of benzene rings is 2. The van der Waals surface area contributed by atoms with E-state index >= 15 is 4.39 Å². The average Bonchev–Trinajstić information content (AvgIpc) is 3.91. The molecule has 0 aliphatic heterocycles. The van der Waals surface area contributed by atoms with Crippen LogP contribution >= 0.6 is 22.9 Å². The quantitative estimate of drug-likeness (QED) is 0.222. The SMILES string of the molecule is CC(C)(C)OC(=O)N(C(=O)c1cccc(C2(C#N)CC2)c1Cl)c1cc(Oc2ccc3nc(NC(=O)C4CC4)sc3n2)ccc1F.O. The van der Waals surface area contributed by atoms with Crippen LogP contribution in [0.5, 0.6) is 11.6 Å². The van der Waals surface area contributed by atoms with Gasteiger partial charge in [0, 0.05) is 18.1 Å². The topological polar surface area (TPSA) is 166 Å². The number of rotatable bonds is 7. The molecule has 0 bridgehead atoms. The maximum atomic E-state index is 15.4. The first-order chi connectivity index (χ1) is 21.4. The minimum absolute atomic E-state index is 0. The van der Waals surface area contributed by atoms with Gasteiger partial charge in [0.1, 0.15) is 27.5 Å². The molecular weight excluding hydrogens is 637 g/mol. The second kappa shape index (κ2) is 12.3. The molecule has 0 unspecified atom stereocenters. The number of fused-ring (bicyclic) bond motifs is 1. The maximum absolute atomic E-state index is 15.4. The number of carbonyl (C=O) groups excluding carboxylic acids is 3. The summed E-state index contributed by atoms with van der Waals surface area (Å²) in [6, 6.07) is 13.7. The van der Waals surface area contributed by atoms with Gasteiger partial charge in [-0.25, -0.2) is 24.1 Å². The van der Waals surface area contributed by atoms with Crippen molar-refractivity contribution in [3.8, 4) is 17.7 Å². The van der Waals surface area contributed by atoms with E-state index in [1.165, 1.54) is 29.5 Å². The number of nitrogens with zero attached hydrogens (tertiary/aromatic N) is 4. The van der Waals surface area contributed by atoms with Gasteiger partial charge >= 0.3 is 6.09 Å². The number of thiazole rings is 1. The summed E-state index contributed by atoms with van der Waals surface area (Å²) in [5.74, 6) is -1.67. The van der Waals surface area contributed by atoms with Crippen molar-refractivity contribution in [2.45, 2.75) is 57.5 Å². The number of hydrogen-bond donors (Lipinski definition) is 1. The Morgan fingerprint density at radius 3 is 2.52 bits per heavy atom. The summed E-state index contributed by atoms with van der Waals surface area (Å²) in [7, 11) is 0. The van der Waals surface area contributed by atoms with E-state index in [1.54, 1.807) is 45.0 Å². The second-order valence-corrected chi connectivity index (χ2v) is 13.3. The van der Waals surface area contributed by atoms with Gasteiger partial charge in [0.25, 0.3) is 5.91 Å². The number of imide groups is 1. The molecule has 0 saturated heterocycles. The van der Waals surface area contributed by atoms with Gasteiger partial charge in [-0.15, -0.1) is 0 Å². The van der Waals surface area contributed by atoms with Crippen molar-refractivity contribution in [3.63, 3.8) is 0 Å². The fourth-order valence-corrected chi connectivity index (χ4v) is 5.88. The van der Waals surface area contributed by atoms with E-state index in [2.05, 4.69) is 21.4 Å². The third-order valence-electron chi connectivity index (χ3n) is 7.28. The summed E-state index contributed by atoms with van der Waals surface area (Å²) in [6.45, 7) is 4.85. The Balaban J connectivity index is 0.00000417. The Morgan fingerprint density at radius 2 is 1.87 bits per heavy atom. The molecule has 238 valence electrons. The number of hydrogen-bond acceptors (Lipinski definition) is 9. The molecule has 3 amide bonds. The first-order valence-electron chi connectivity index (χ1n) is 14.2. The van der Waals surface area contributed by atoms with Crippen LogP contribution in [-0.2, 0) is 14.9 Å². The molecule has 6 rings (SSSR count). The van der Waals surface area contributed by atoms with Crippen molar-refractivity contribution in [1.29, 1.82) is 5.26 Å². The Bertz CT molecular complexity index is 1910. The molecule has 2 heterocycles. The van der Waals surface area contributed by atoms with Crippen LogP contribution in [0.2, 0.25) is 5.02 Å². The monoisotopic (exact) mass is 665 g/mol. The summed E-state index contributed by atoms with van der Waals surface area (Å²) in [4.78, 5) is 49.5. The number of anilines is 2. The Hall–Kier alpha value is -4.64. The zero-order valence-electron chi connectivity index (χ0n) is 25.0. The summed E-state index contributed by atoms with van der Waals surface area (Å²) in [5, 5.41) is 12.9. The zero-order valence-corrected chi connectivity index (χ0v) is 26.6. The van der Waals surface area contributed by atoms with Crippen molar-refractivity contribution in [3.05, 3.63) is 70.5 Å². The van der Waals surface area contributed by atoms with Crippen molar-refractivity contribution in [1.82, 2.24) is 9.97 Å². The lowest BCUT2D eigenvalue weighted by molar-refractivity contribution is -0.117. The van der Waals surface area contributed by atoms with Crippen LogP contribution < -0.4 is 15.0 Å². The minimum atomic E-state index is -1.13. The first kappa shape index (κ1) is 32.7. The van der Waals surface area contributed by atoms with Crippen molar-refractivity contribution < 1.29 is 33.7 Å². The van der Waals surface area contributed by atoms with E-state index in [1.807, 2.05) is 0 Å². The lowest BCUT2D eigenvalue weighted by Crippen LogP contribution is -2.41. The molecule has 14 heteroatoms. The van der Waals surface area contributed by atoms with Gasteiger partial charge in [0.15, 0.2) is 5.13 Å². The Kier molecular flexibility index (Phi) is 8.74. The van der Waals surface area contributed by atoms with Crippen LogP contribution in [0.25, 0.3) is 10.3 Å². The molecule has 11 nitrogen and oxygen atoms in total. The highest BCUT2D eigenvalue weighted by Crippen LogP contribution is 2.50. The van der Waals surface area contributed by atoms with Gasteiger partial charge in [-0.1, -0.05) is 35.1 Å². The Labute approximate surface area is 272 Å². The number of ether oxygens (including phenoxy) is 2. The van der Waals surface area contributed by atoms with Crippen LogP contribution in [0.3, 0.4) is 0 Å². The number of nitriles is 1. The normalized spacial score (nSPS) is 14.9. The number of nitrogens with one attached hydrogen (secondary N) is 1. The summed E-state index contributed by atoms with van der Waals surface area (Å²) >= 11 is 7.83. The van der Waals surface area contributed by atoms with E-state index < -0.39 is 34.5 Å². The molecule has 2 aromatic heterocycles. The number of pyridine rings is 1. The van der Waals surface area contributed by atoms with Crippen LogP contribution in [0.15, 0.2) is 48.5 Å². The first-order valence-corrected chi connectivity index (χ1v) is 15.4. The standard InChI is InChI=1S/C32H27ClFN5O5S.H2O/c1-31(2,3)44-30(42)39(28(41)19-5-4-6-20(25(19)33)32(16-35)13-14-32)23-15-18(9-10-21(23)34)43-24-12-11-22-27(37-24)45-29(36-22)38-26(40)17-7-8-17;/h4-6,9-12,15,17H,7-8,13-14H2,1-3H3,(H,36,38,40);1H2. The van der Waals surface area contributed by atoms with Gasteiger partial charge in [0.2, 0.25) is 11.8 Å². The van der Waals surface area contributed by atoms with Crippen LogP contribution in [0.4, 0.5) is 20.0 Å². The van der Waals surface area contributed by atoms with E-state index in [0.29, 0.717) is 38.8 Å². The number of amides is 3. The fourth-order valence-electron chi connectivity index (χ4n) is 4.66. The molecule has 2 fully saturated rings. The largest absolute Gasteiger partial charge is 0.443 e. The molecule has 46 heavy (non-hydrogen) atoms. The highest BCUT2D eigenvalue weighted by molar-refractivity contribution is 7.22. The van der Waals surface area contributed by atoms with Crippen molar-refractivity contribution in [2.75, 3.05) is 10.2 Å². The zero-order chi connectivity index (χ0) is 32.1. The average molecular weight is 666 g/mol. The molecule has 4 aromatic rings. The molecular formula is C32H29ClFN5O6S. The summed E-state index contributed by atoms with van der Waals surface area (Å²) < 4.78 is 26.8. The highest BCUT2D eigenvalue weighted by atomic mass is 35.5. The second-order valence-electron chi connectivity index (χ2n) is 12.0. The highest BCUT2D eigenvalue weighted by Gasteiger charge is 2.47. The maximum Gasteiger partial charge on any atom is 0.422 e. The molecule has 2 aliphatic carbocycles. The van der Waals surface area contributed by atoms with Crippen molar-refractivity contribution in [2.24, 2.45) is 5.92 Å². The third-order valence-corrected chi connectivity index (χ3v) is 8.56. The third kappa shape index (κ3) is 6.64. The number of halogens is 2. The molecule has 3 N–H and O–H groups in total. The van der Waals surface area contributed by atoms with E-state index in [4.69, 9.17) is 21.1 Å². The smallest absolute Gasteiger partial charge is 0.422 e. The van der Waals surface area contributed by atoms with Gasteiger partial charge < -0.3 is 20.3 Å². The molecule has 2 aliphatic rings. The molecule has 0 radical (unpaired) electrons. The summed E-state index contributed by atoms with van der Waals surface area (Å²) in [6.07, 6.45) is 1.78. The lowest BCUT2D eigenvalue weighted by Gasteiger charge is -2.27. The van der Waals surface area contributed by atoms with Gasteiger partial charge in [-0.2, -0.15) is 5.26 Å². The number of carbonyl (C=O) groups is 3. The van der Waals surface area contributed by atoms with Crippen LogP contribution in [-0.4, -0.2) is 39.0 Å². The fraction of sp³-hybridized carbons (Fsp3) is 0.312. The predicted molar refractivity (Wildman–Crippen MR) is 170 cm³/mol. The van der Waals surface area contributed by atoms with Gasteiger partial charge in [-0.05, 0) is 76.3 Å². The molecule has 2 saturated carbocycles. The minimum Gasteiger partial charge on any atom is -0.443 e. The van der Waals surface area contributed by atoms with Crippen LogP contribution in [0, 0.1) is 23.1 Å². The van der Waals surface area contributed by atoms with Gasteiger partial charge in [-0.3, -0.25) is 9.59 Å². The van der Waals surface area contributed by atoms with E-state index in [9.17, 15) is 19.6 Å². The Morgan fingerprint density at radius 1 is 1.13 bits per heavy atom. The van der Waals surface area contributed by atoms with E-state index in [0.717, 1.165) is 18.9 Å². The van der Waals surface area contributed by atoms with Crippen LogP contribution in [0.1, 0.15) is 62.4 Å².